The topological polar surface area (TPSA) is 48.7 Å². The maximum Gasteiger partial charge on any atom is 0.196 e. The van der Waals surface area contributed by atoms with Crippen LogP contribution in [0.1, 0.15) is 32.1 Å². The molecule has 0 spiro atoms. The Labute approximate surface area is 102 Å². The molecule has 2 rings (SSSR count). The molecule has 0 aliphatic heterocycles. The van der Waals surface area contributed by atoms with E-state index >= 15 is 0 Å². The molecule has 0 radical (unpaired) electrons. The van der Waals surface area contributed by atoms with Gasteiger partial charge in [-0.25, -0.2) is 9.98 Å². The van der Waals surface area contributed by atoms with Crippen molar-refractivity contribution in [1.29, 1.82) is 0 Å². The molecule has 1 heterocycles. The molecule has 1 aromatic rings. The number of hydrogen-bond acceptors (Lipinski definition) is 3. The van der Waals surface area contributed by atoms with Crippen molar-refractivity contribution in [1.82, 2.24) is 9.88 Å². The largest absolute Gasteiger partial charge is 0.504 e. The number of aliphatic imine (C=N–C) groups is 1. The van der Waals surface area contributed by atoms with E-state index in [1.54, 1.807) is 24.7 Å². The number of aromatic hydroxyl groups is 1. The van der Waals surface area contributed by atoms with Crippen LogP contribution in [-0.2, 0) is 0 Å². The fourth-order valence-corrected chi connectivity index (χ4v) is 2.22. The Kier molecular flexibility index (Phi) is 3.96. The van der Waals surface area contributed by atoms with Crippen LogP contribution in [0.5, 0.6) is 5.75 Å². The van der Waals surface area contributed by atoms with E-state index in [2.05, 4.69) is 14.9 Å². The van der Waals surface area contributed by atoms with E-state index in [0.29, 0.717) is 11.9 Å². The molecule has 1 fully saturated rings. The average Bonchev–Trinajstić information content (AvgIpc) is 2.38. The molecule has 0 aromatic carbocycles. The molecule has 1 N–H and O–H groups in total. The van der Waals surface area contributed by atoms with Crippen LogP contribution >= 0.6 is 0 Å². The highest BCUT2D eigenvalue weighted by Crippen LogP contribution is 2.23. The van der Waals surface area contributed by atoms with Gasteiger partial charge in [0.25, 0.3) is 0 Å². The van der Waals surface area contributed by atoms with Gasteiger partial charge in [-0.15, -0.1) is 0 Å². The van der Waals surface area contributed by atoms with Gasteiger partial charge >= 0.3 is 0 Å². The van der Waals surface area contributed by atoms with Gasteiger partial charge < -0.3 is 10.0 Å². The summed E-state index contributed by atoms with van der Waals surface area (Å²) in [5, 5.41) is 9.54. The van der Waals surface area contributed by atoms with Crippen molar-refractivity contribution in [3.05, 3.63) is 18.3 Å². The molecular weight excluding hydrogens is 214 g/mol. The van der Waals surface area contributed by atoms with Gasteiger partial charge in [0.05, 0.1) is 6.34 Å². The first-order chi connectivity index (χ1) is 8.27. The van der Waals surface area contributed by atoms with Crippen LogP contribution in [-0.4, -0.2) is 34.4 Å². The third-order valence-electron chi connectivity index (χ3n) is 3.28. The van der Waals surface area contributed by atoms with Crippen LogP contribution in [0.15, 0.2) is 23.3 Å². The van der Waals surface area contributed by atoms with Crippen molar-refractivity contribution in [3.63, 3.8) is 0 Å². The first kappa shape index (κ1) is 11.9. The third kappa shape index (κ3) is 3.19. The van der Waals surface area contributed by atoms with Crippen LogP contribution < -0.4 is 0 Å². The predicted octanol–water partition coefficient (Wildman–Crippen LogP) is 2.71. The summed E-state index contributed by atoms with van der Waals surface area (Å²) in [5.41, 5.74) is 0. The standard InChI is InChI=1S/C13H19N3O/c1-16(11-6-3-2-4-7-11)10-15-13-12(17)8-5-9-14-13/h5,8-11,17H,2-4,6-7H2,1H3. The molecule has 0 saturated heterocycles. The smallest absolute Gasteiger partial charge is 0.196 e. The Morgan fingerprint density at radius 3 is 2.88 bits per heavy atom. The molecule has 1 aromatic heterocycles. The summed E-state index contributed by atoms with van der Waals surface area (Å²) in [6.45, 7) is 0. The summed E-state index contributed by atoms with van der Waals surface area (Å²) in [5.74, 6) is 0.510. The van der Waals surface area contributed by atoms with Crippen LogP contribution in [0.25, 0.3) is 0 Å². The predicted molar refractivity (Wildman–Crippen MR) is 68.7 cm³/mol. The highest BCUT2D eigenvalue weighted by Gasteiger charge is 2.15. The Morgan fingerprint density at radius 1 is 1.41 bits per heavy atom. The monoisotopic (exact) mass is 233 g/mol. The number of hydrogen-bond donors (Lipinski definition) is 1. The van der Waals surface area contributed by atoms with Crippen LogP contribution in [0.4, 0.5) is 5.82 Å². The van der Waals surface area contributed by atoms with E-state index in [4.69, 9.17) is 0 Å². The van der Waals surface area contributed by atoms with Gasteiger partial charge in [0.2, 0.25) is 0 Å². The van der Waals surface area contributed by atoms with E-state index in [1.165, 1.54) is 32.1 Å². The fraction of sp³-hybridized carbons (Fsp3) is 0.538. The molecular formula is C13H19N3O. The van der Waals surface area contributed by atoms with E-state index in [9.17, 15) is 5.11 Å². The Hall–Kier alpha value is -1.58. The molecule has 0 atom stereocenters. The van der Waals surface area contributed by atoms with Crippen molar-refractivity contribution < 1.29 is 5.11 Å². The lowest BCUT2D eigenvalue weighted by Crippen LogP contribution is -2.32. The normalized spacial score (nSPS) is 17.5. The summed E-state index contributed by atoms with van der Waals surface area (Å²) < 4.78 is 0. The number of nitrogens with zero attached hydrogens (tertiary/aromatic N) is 3. The van der Waals surface area contributed by atoms with Gasteiger partial charge in [0, 0.05) is 19.3 Å². The van der Waals surface area contributed by atoms with Gasteiger partial charge in [-0.05, 0) is 25.0 Å². The van der Waals surface area contributed by atoms with Crippen molar-refractivity contribution in [2.45, 2.75) is 38.1 Å². The second-order valence-electron chi connectivity index (χ2n) is 4.55. The number of aromatic nitrogens is 1. The van der Waals surface area contributed by atoms with E-state index in [-0.39, 0.29) is 5.75 Å². The summed E-state index contributed by atoms with van der Waals surface area (Å²) >= 11 is 0. The van der Waals surface area contributed by atoms with Crippen molar-refractivity contribution in [2.24, 2.45) is 4.99 Å². The molecule has 0 bridgehead atoms. The molecule has 1 saturated carbocycles. The lowest BCUT2D eigenvalue weighted by atomic mass is 9.95. The second-order valence-corrected chi connectivity index (χ2v) is 4.55. The first-order valence-electron chi connectivity index (χ1n) is 6.17. The fourth-order valence-electron chi connectivity index (χ4n) is 2.22. The van der Waals surface area contributed by atoms with Gasteiger partial charge in [-0.1, -0.05) is 19.3 Å². The minimum atomic E-state index is 0.126. The van der Waals surface area contributed by atoms with E-state index in [0.717, 1.165) is 0 Å². The molecule has 0 amide bonds. The van der Waals surface area contributed by atoms with Gasteiger partial charge in [-0.3, -0.25) is 0 Å². The summed E-state index contributed by atoms with van der Waals surface area (Å²) in [6, 6.07) is 3.87. The molecule has 4 heteroatoms. The van der Waals surface area contributed by atoms with Crippen molar-refractivity contribution in [2.75, 3.05) is 7.05 Å². The maximum absolute atomic E-state index is 9.54. The Balaban J connectivity index is 1.97. The van der Waals surface area contributed by atoms with Crippen molar-refractivity contribution in [3.8, 4) is 5.75 Å². The van der Waals surface area contributed by atoms with E-state index in [1.807, 2.05) is 7.05 Å². The SMILES string of the molecule is CN(C=Nc1ncccc1O)C1CCCCC1. The zero-order chi connectivity index (χ0) is 12.1. The van der Waals surface area contributed by atoms with Crippen LogP contribution in [0, 0.1) is 0 Å². The zero-order valence-corrected chi connectivity index (χ0v) is 10.2. The minimum Gasteiger partial charge on any atom is -0.504 e. The van der Waals surface area contributed by atoms with Gasteiger partial charge in [0.1, 0.15) is 0 Å². The van der Waals surface area contributed by atoms with Crippen LogP contribution in [0.2, 0.25) is 0 Å². The molecule has 1 aliphatic rings. The zero-order valence-electron chi connectivity index (χ0n) is 10.2. The number of pyridine rings is 1. The average molecular weight is 233 g/mol. The highest BCUT2D eigenvalue weighted by molar-refractivity contribution is 5.62. The highest BCUT2D eigenvalue weighted by atomic mass is 16.3. The van der Waals surface area contributed by atoms with Crippen LogP contribution in [0.3, 0.4) is 0 Å². The van der Waals surface area contributed by atoms with Gasteiger partial charge in [-0.2, -0.15) is 0 Å². The maximum atomic E-state index is 9.54. The van der Waals surface area contributed by atoms with E-state index < -0.39 is 0 Å². The lowest BCUT2D eigenvalue weighted by molar-refractivity contribution is 0.284. The summed E-state index contributed by atoms with van der Waals surface area (Å²) in [7, 11) is 2.04. The third-order valence-corrected chi connectivity index (χ3v) is 3.28. The molecule has 4 nitrogen and oxygen atoms in total. The first-order valence-corrected chi connectivity index (χ1v) is 6.17. The molecule has 0 unspecified atom stereocenters. The summed E-state index contributed by atoms with van der Waals surface area (Å²) in [4.78, 5) is 10.4. The summed E-state index contributed by atoms with van der Waals surface area (Å²) in [6.07, 6.45) is 9.83. The Morgan fingerprint density at radius 2 is 2.18 bits per heavy atom. The van der Waals surface area contributed by atoms with Gasteiger partial charge in [0.15, 0.2) is 11.6 Å². The molecule has 1 aliphatic carbocycles. The quantitative estimate of drug-likeness (QED) is 0.645. The van der Waals surface area contributed by atoms with Crippen molar-refractivity contribution >= 4 is 12.2 Å². The Bertz CT molecular complexity index is 386. The lowest BCUT2D eigenvalue weighted by Gasteiger charge is -2.29. The minimum absolute atomic E-state index is 0.126. The second kappa shape index (κ2) is 5.66. The molecule has 17 heavy (non-hydrogen) atoms. The molecule has 92 valence electrons. The number of rotatable bonds is 3.